The molecule has 0 aliphatic carbocycles. The summed E-state index contributed by atoms with van der Waals surface area (Å²) < 4.78 is 0. The maximum absolute atomic E-state index is 6.03. The first-order chi connectivity index (χ1) is 7.66. The number of rotatable bonds is 2. The second kappa shape index (κ2) is 5.33. The maximum atomic E-state index is 6.03. The molecule has 88 valence electrons. The van der Waals surface area contributed by atoms with Crippen LogP contribution in [-0.4, -0.2) is 17.0 Å². The van der Waals surface area contributed by atoms with Crippen LogP contribution in [0.25, 0.3) is 0 Å². The zero-order chi connectivity index (χ0) is 11.5. The molecule has 2 atom stereocenters. The molecule has 0 saturated carbocycles. The fourth-order valence-electron chi connectivity index (χ4n) is 2.06. The second-order valence-corrected chi connectivity index (χ2v) is 6.35. The van der Waals surface area contributed by atoms with Crippen LogP contribution in [0.15, 0.2) is 18.2 Å². The van der Waals surface area contributed by atoms with Crippen LogP contribution in [0.4, 0.5) is 5.69 Å². The van der Waals surface area contributed by atoms with Crippen molar-refractivity contribution in [2.75, 3.05) is 11.1 Å². The Hall–Kier alpha value is -0.340. The van der Waals surface area contributed by atoms with Gasteiger partial charge in [-0.2, -0.15) is 11.8 Å². The van der Waals surface area contributed by atoms with Crippen LogP contribution in [0.2, 0.25) is 5.02 Å². The van der Waals surface area contributed by atoms with Crippen LogP contribution >= 0.6 is 23.4 Å². The van der Waals surface area contributed by atoms with Crippen LogP contribution in [0, 0.1) is 6.92 Å². The highest BCUT2D eigenvalue weighted by Gasteiger charge is 2.21. The molecule has 2 rings (SSSR count). The van der Waals surface area contributed by atoms with Gasteiger partial charge < -0.3 is 5.32 Å². The molecule has 0 bridgehead atoms. The van der Waals surface area contributed by atoms with Crippen molar-refractivity contribution in [3.63, 3.8) is 0 Å². The van der Waals surface area contributed by atoms with Gasteiger partial charge in [-0.05, 0) is 43.2 Å². The zero-order valence-electron chi connectivity index (χ0n) is 9.79. The van der Waals surface area contributed by atoms with Gasteiger partial charge in [0.1, 0.15) is 0 Å². The van der Waals surface area contributed by atoms with Crippen LogP contribution in [0.1, 0.15) is 25.3 Å². The summed E-state index contributed by atoms with van der Waals surface area (Å²) in [6.45, 7) is 4.43. The molecular weight excluding hydrogens is 238 g/mol. The molecule has 3 heteroatoms. The average Bonchev–Trinajstić information content (AvgIpc) is 2.27. The Kier molecular flexibility index (Phi) is 4.04. The highest BCUT2D eigenvalue weighted by Crippen LogP contribution is 2.29. The molecule has 0 amide bonds. The normalized spacial score (nSPS) is 25.4. The molecule has 1 saturated heterocycles. The van der Waals surface area contributed by atoms with E-state index in [9.17, 15) is 0 Å². The van der Waals surface area contributed by atoms with E-state index in [0.717, 1.165) is 5.02 Å². The van der Waals surface area contributed by atoms with Crippen molar-refractivity contribution in [2.45, 2.75) is 38.0 Å². The topological polar surface area (TPSA) is 12.0 Å². The summed E-state index contributed by atoms with van der Waals surface area (Å²) in [5.74, 6) is 1.30. The molecule has 1 N–H and O–H groups in total. The predicted octanol–water partition coefficient (Wildman–Crippen LogP) is 4.34. The molecule has 1 aromatic carbocycles. The zero-order valence-corrected chi connectivity index (χ0v) is 11.4. The van der Waals surface area contributed by atoms with Gasteiger partial charge in [-0.1, -0.05) is 24.6 Å². The quantitative estimate of drug-likeness (QED) is 0.844. The fraction of sp³-hybridized carbons (Fsp3) is 0.538. The van der Waals surface area contributed by atoms with Gasteiger partial charge >= 0.3 is 0 Å². The van der Waals surface area contributed by atoms with Crippen molar-refractivity contribution in [1.82, 2.24) is 0 Å². The van der Waals surface area contributed by atoms with Crippen molar-refractivity contribution in [3.8, 4) is 0 Å². The van der Waals surface area contributed by atoms with Crippen LogP contribution in [0.3, 0.4) is 0 Å². The van der Waals surface area contributed by atoms with E-state index in [1.165, 1.54) is 29.8 Å². The lowest BCUT2D eigenvalue weighted by molar-refractivity contribution is 0.617. The first kappa shape index (κ1) is 12.1. The minimum Gasteiger partial charge on any atom is -0.381 e. The summed E-state index contributed by atoms with van der Waals surface area (Å²) in [4.78, 5) is 0. The molecule has 1 heterocycles. The SMILES string of the molecule is Cc1ccc(Cl)cc1NC1CCCSC1C. The van der Waals surface area contributed by atoms with Gasteiger partial charge in [-0.25, -0.2) is 0 Å². The first-order valence-electron chi connectivity index (χ1n) is 5.81. The maximum Gasteiger partial charge on any atom is 0.0426 e. The molecule has 1 fully saturated rings. The Bertz CT molecular complexity index is 367. The molecule has 0 radical (unpaired) electrons. The average molecular weight is 256 g/mol. The second-order valence-electron chi connectivity index (χ2n) is 4.43. The smallest absolute Gasteiger partial charge is 0.0426 e. The number of anilines is 1. The summed E-state index contributed by atoms with van der Waals surface area (Å²) >= 11 is 8.09. The lowest BCUT2D eigenvalue weighted by Gasteiger charge is -2.30. The van der Waals surface area contributed by atoms with E-state index < -0.39 is 0 Å². The van der Waals surface area contributed by atoms with Crippen molar-refractivity contribution < 1.29 is 0 Å². The minimum absolute atomic E-state index is 0.580. The van der Waals surface area contributed by atoms with Crippen molar-refractivity contribution in [2.24, 2.45) is 0 Å². The monoisotopic (exact) mass is 255 g/mol. The third-order valence-electron chi connectivity index (χ3n) is 3.15. The molecule has 0 spiro atoms. The van der Waals surface area contributed by atoms with Crippen LogP contribution in [0.5, 0.6) is 0 Å². The Balaban J connectivity index is 2.10. The van der Waals surface area contributed by atoms with E-state index in [4.69, 9.17) is 11.6 Å². The molecule has 1 aliphatic heterocycles. The highest BCUT2D eigenvalue weighted by atomic mass is 35.5. The third-order valence-corrected chi connectivity index (χ3v) is 4.76. The van der Waals surface area contributed by atoms with E-state index in [1.807, 2.05) is 12.1 Å². The van der Waals surface area contributed by atoms with E-state index in [0.29, 0.717) is 11.3 Å². The summed E-state index contributed by atoms with van der Waals surface area (Å²) in [5.41, 5.74) is 2.46. The van der Waals surface area contributed by atoms with Gasteiger partial charge in [0.05, 0.1) is 0 Å². The molecule has 1 nitrogen and oxygen atoms in total. The number of benzene rings is 1. The van der Waals surface area contributed by atoms with E-state index >= 15 is 0 Å². The Morgan fingerprint density at radius 1 is 1.44 bits per heavy atom. The van der Waals surface area contributed by atoms with Gasteiger partial charge in [0, 0.05) is 22.0 Å². The molecule has 1 aromatic rings. The number of thioether (sulfide) groups is 1. The van der Waals surface area contributed by atoms with Gasteiger partial charge in [0.15, 0.2) is 0 Å². The van der Waals surface area contributed by atoms with E-state index in [1.54, 1.807) is 0 Å². The first-order valence-corrected chi connectivity index (χ1v) is 7.24. The number of halogens is 1. The minimum atomic E-state index is 0.580. The van der Waals surface area contributed by atoms with Gasteiger partial charge in [-0.15, -0.1) is 0 Å². The Morgan fingerprint density at radius 3 is 3.00 bits per heavy atom. The summed E-state index contributed by atoms with van der Waals surface area (Å²) in [5, 5.41) is 5.13. The molecule has 16 heavy (non-hydrogen) atoms. The third kappa shape index (κ3) is 2.86. The van der Waals surface area contributed by atoms with E-state index in [-0.39, 0.29) is 0 Å². The van der Waals surface area contributed by atoms with Crippen molar-refractivity contribution in [3.05, 3.63) is 28.8 Å². The van der Waals surface area contributed by atoms with Crippen LogP contribution in [-0.2, 0) is 0 Å². The summed E-state index contributed by atoms with van der Waals surface area (Å²) in [7, 11) is 0. The lowest BCUT2D eigenvalue weighted by Crippen LogP contribution is -2.32. The Morgan fingerprint density at radius 2 is 2.25 bits per heavy atom. The van der Waals surface area contributed by atoms with E-state index in [2.05, 4.69) is 37.0 Å². The number of hydrogen-bond donors (Lipinski definition) is 1. The van der Waals surface area contributed by atoms with Gasteiger partial charge in [0.25, 0.3) is 0 Å². The molecule has 1 aliphatic rings. The van der Waals surface area contributed by atoms with Gasteiger partial charge in [-0.3, -0.25) is 0 Å². The molecular formula is C13H18ClNS. The number of aryl methyl sites for hydroxylation is 1. The molecule has 0 aromatic heterocycles. The fourth-order valence-corrected chi connectivity index (χ4v) is 3.38. The van der Waals surface area contributed by atoms with Crippen LogP contribution < -0.4 is 5.32 Å². The number of nitrogens with one attached hydrogen (secondary N) is 1. The Labute approximate surface area is 107 Å². The number of hydrogen-bond acceptors (Lipinski definition) is 2. The summed E-state index contributed by atoms with van der Waals surface area (Å²) in [6, 6.07) is 6.63. The standard InChI is InChI=1S/C13H18ClNS/c1-9-5-6-11(14)8-13(9)15-12-4-3-7-16-10(12)2/h5-6,8,10,12,15H,3-4,7H2,1-2H3. The molecule has 2 unspecified atom stereocenters. The summed E-state index contributed by atoms with van der Waals surface area (Å²) in [6.07, 6.45) is 2.58. The highest BCUT2D eigenvalue weighted by molar-refractivity contribution is 8.00. The van der Waals surface area contributed by atoms with Crippen molar-refractivity contribution >= 4 is 29.1 Å². The largest absolute Gasteiger partial charge is 0.381 e. The lowest BCUT2D eigenvalue weighted by atomic mass is 10.1. The van der Waals surface area contributed by atoms with Crippen molar-refractivity contribution in [1.29, 1.82) is 0 Å². The van der Waals surface area contributed by atoms with Gasteiger partial charge in [0.2, 0.25) is 0 Å². The predicted molar refractivity (Wildman–Crippen MR) is 74.8 cm³/mol.